The van der Waals surface area contributed by atoms with Crippen molar-refractivity contribution in [2.75, 3.05) is 4.90 Å². The zero-order chi connectivity index (χ0) is 38.4. The molecule has 10 aromatic carbocycles. The molecule has 272 valence electrons. The Labute approximate surface area is 338 Å². The maximum Gasteiger partial charge on any atom is 0.0547 e. The van der Waals surface area contributed by atoms with E-state index in [0.717, 1.165) is 33.9 Å². The Kier molecular flexibility index (Phi) is 8.19. The highest BCUT2D eigenvalue weighted by Crippen LogP contribution is 2.43. The molecular weight excluding hydrogens is 701 g/mol. The molecule has 0 bridgehead atoms. The van der Waals surface area contributed by atoms with Gasteiger partial charge in [-0.1, -0.05) is 170 Å². The number of para-hydroxylation sites is 2. The molecule has 11 rings (SSSR count). The minimum atomic E-state index is 1.10. The fraction of sp³-hybridized carbons (Fsp3) is 0. The largest absolute Gasteiger partial charge is 0.310 e. The van der Waals surface area contributed by atoms with Gasteiger partial charge in [-0.15, -0.1) is 0 Å². The van der Waals surface area contributed by atoms with Crippen LogP contribution in [-0.2, 0) is 0 Å². The number of nitrogens with zero attached hydrogens (tertiary/aromatic N) is 2. The van der Waals surface area contributed by atoms with E-state index >= 15 is 0 Å². The van der Waals surface area contributed by atoms with E-state index < -0.39 is 0 Å². The third-order valence-corrected chi connectivity index (χ3v) is 11.5. The molecule has 0 amide bonds. The molecule has 0 spiro atoms. The van der Waals surface area contributed by atoms with E-state index in [0.29, 0.717) is 0 Å². The van der Waals surface area contributed by atoms with Crippen LogP contribution >= 0.6 is 0 Å². The van der Waals surface area contributed by atoms with Crippen LogP contribution < -0.4 is 4.90 Å². The third-order valence-electron chi connectivity index (χ3n) is 11.5. The van der Waals surface area contributed by atoms with Crippen molar-refractivity contribution in [3.63, 3.8) is 0 Å². The summed E-state index contributed by atoms with van der Waals surface area (Å²) in [5.41, 5.74) is 14.1. The normalized spacial score (nSPS) is 11.4. The van der Waals surface area contributed by atoms with Gasteiger partial charge >= 0.3 is 0 Å². The summed E-state index contributed by atoms with van der Waals surface area (Å²) in [6, 6.07) is 83.6. The number of hydrogen-bond acceptors (Lipinski definition) is 1. The van der Waals surface area contributed by atoms with Gasteiger partial charge in [-0.05, 0) is 116 Å². The molecule has 0 atom stereocenters. The van der Waals surface area contributed by atoms with Crippen LogP contribution in [0.5, 0.6) is 0 Å². The first-order valence-electron chi connectivity index (χ1n) is 19.9. The molecule has 0 saturated heterocycles. The van der Waals surface area contributed by atoms with Crippen LogP contribution in [0.3, 0.4) is 0 Å². The lowest BCUT2D eigenvalue weighted by molar-refractivity contribution is 1.18. The first kappa shape index (κ1) is 33.6. The second-order valence-corrected chi connectivity index (χ2v) is 14.9. The summed E-state index contributed by atoms with van der Waals surface area (Å²) in [4.78, 5) is 2.34. The van der Waals surface area contributed by atoms with E-state index in [1.165, 1.54) is 65.6 Å². The van der Waals surface area contributed by atoms with Gasteiger partial charge in [0.25, 0.3) is 0 Å². The molecule has 0 saturated carbocycles. The van der Waals surface area contributed by atoms with Gasteiger partial charge in [-0.3, -0.25) is 0 Å². The number of aromatic nitrogens is 1. The molecule has 0 fully saturated rings. The van der Waals surface area contributed by atoms with Crippen molar-refractivity contribution in [1.29, 1.82) is 0 Å². The molecule has 0 radical (unpaired) electrons. The van der Waals surface area contributed by atoms with Crippen molar-refractivity contribution in [2.24, 2.45) is 0 Å². The molecular formula is C56H38N2. The summed E-state index contributed by atoms with van der Waals surface area (Å²) in [6.45, 7) is 0. The van der Waals surface area contributed by atoms with Crippen molar-refractivity contribution in [1.82, 2.24) is 4.57 Å². The van der Waals surface area contributed by atoms with Crippen LogP contribution in [0.1, 0.15) is 0 Å². The molecule has 0 unspecified atom stereocenters. The second kappa shape index (κ2) is 14.1. The summed E-state index contributed by atoms with van der Waals surface area (Å²) in [5, 5.41) is 7.57. The van der Waals surface area contributed by atoms with E-state index in [1.807, 2.05) is 0 Å². The molecule has 2 heteroatoms. The molecule has 0 aliphatic carbocycles. The van der Waals surface area contributed by atoms with Gasteiger partial charge in [0, 0.05) is 33.5 Å². The highest BCUT2D eigenvalue weighted by Gasteiger charge is 2.19. The monoisotopic (exact) mass is 738 g/mol. The minimum absolute atomic E-state index is 1.10. The number of benzene rings is 10. The number of anilines is 3. The van der Waals surface area contributed by atoms with E-state index in [9.17, 15) is 0 Å². The second-order valence-electron chi connectivity index (χ2n) is 14.9. The number of fused-ring (bicyclic) bond motifs is 6. The topological polar surface area (TPSA) is 8.17 Å². The van der Waals surface area contributed by atoms with Crippen LogP contribution in [0.15, 0.2) is 231 Å². The molecule has 11 aromatic rings. The van der Waals surface area contributed by atoms with Gasteiger partial charge in [-0.2, -0.15) is 0 Å². The third kappa shape index (κ3) is 5.74. The van der Waals surface area contributed by atoms with Crippen molar-refractivity contribution in [3.8, 4) is 39.1 Å². The number of rotatable bonds is 7. The Hall–Kier alpha value is -7.68. The molecule has 0 N–H and O–H groups in total. The summed E-state index contributed by atoms with van der Waals surface area (Å²) in [6.07, 6.45) is 0. The van der Waals surface area contributed by atoms with Crippen LogP contribution in [-0.4, -0.2) is 4.57 Å². The first-order valence-corrected chi connectivity index (χ1v) is 19.9. The summed E-state index contributed by atoms with van der Waals surface area (Å²) >= 11 is 0. The van der Waals surface area contributed by atoms with Gasteiger partial charge in [0.15, 0.2) is 0 Å². The van der Waals surface area contributed by atoms with Crippen LogP contribution in [0, 0.1) is 0 Å². The van der Waals surface area contributed by atoms with E-state index in [-0.39, 0.29) is 0 Å². The van der Waals surface area contributed by atoms with E-state index in [4.69, 9.17) is 0 Å². The van der Waals surface area contributed by atoms with Crippen molar-refractivity contribution in [2.45, 2.75) is 0 Å². The van der Waals surface area contributed by atoms with Crippen LogP contribution in [0.25, 0.3) is 82.4 Å². The summed E-state index contributed by atoms with van der Waals surface area (Å²) in [7, 11) is 0. The highest BCUT2D eigenvalue weighted by molar-refractivity contribution is 6.25. The SMILES string of the molecule is c1ccc(-c2ccc(N(c3ccccc3)c3cccc(-c4cccc(-n5c6ccccc6c6c7c(-c8cccc9ccccc89)cccc7ccc65)c4)c3)cc2)cc1. The predicted octanol–water partition coefficient (Wildman–Crippen LogP) is 15.6. The average Bonchev–Trinajstić information content (AvgIpc) is 3.64. The minimum Gasteiger partial charge on any atom is -0.310 e. The fourth-order valence-corrected chi connectivity index (χ4v) is 8.91. The lowest BCUT2D eigenvalue weighted by Crippen LogP contribution is -2.09. The zero-order valence-corrected chi connectivity index (χ0v) is 31.8. The van der Waals surface area contributed by atoms with Gasteiger partial charge in [0.2, 0.25) is 0 Å². The van der Waals surface area contributed by atoms with Crippen molar-refractivity contribution >= 4 is 60.4 Å². The molecule has 1 aromatic heterocycles. The molecule has 0 aliphatic rings. The van der Waals surface area contributed by atoms with Crippen molar-refractivity contribution < 1.29 is 0 Å². The maximum atomic E-state index is 2.45. The van der Waals surface area contributed by atoms with Crippen molar-refractivity contribution in [3.05, 3.63) is 231 Å². The van der Waals surface area contributed by atoms with Crippen LogP contribution in [0.2, 0.25) is 0 Å². The predicted molar refractivity (Wildman–Crippen MR) is 247 cm³/mol. The van der Waals surface area contributed by atoms with Gasteiger partial charge in [-0.25, -0.2) is 0 Å². The lowest BCUT2D eigenvalue weighted by Gasteiger charge is -2.26. The Morgan fingerprint density at radius 2 is 0.862 bits per heavy atom. The van der Waals surface area contributed by atoms with Gasteiger partial charge < -0.3 is 9.47 Å². The Morgan fingerprint density at radius 3 is 1.69 bits per heavy atom. The highest BCUT2D eigenvalue weighted by atomic mass is 15.1. The lowest BCUT2D eigenvalue weighted by atomic mass is 9.92. The molecule has 2 nitrogen and oxygen atoms in total. The first-order chi connectivity index (χ1) is 28.8. The number of hydrogen-bond donors (Lipinski definition) is 0. The molecule has 1 heterocycles. The standard InChI is InChI=1S/C56H38N2/c1-3-15-39(16-4-1)40-31-34-46(35-32-40)57(45-22-5-2-6-23-45)47-24-11-20-43(37-47)44-21-12-25-48(38-44)58-53-30-10-9-27-52(53)56-54(58)36-33-42-19-14-29-51(55(42)56)50-28-13-18-41-17-7-8-26-49(41)50/h1-38H. The Morgan fingerprint density at radius 1 is 0.293 bits per heavy atom. The van der Waals surface area contributed by atoms with E-state index in [1.54, 1.807) is 0 Å². The fourth-order valence-electron chi connectivity index (χ4n) is 8.91. The maximum absolute atomic E-state index is 2.45. The smallest absolute Gasteiger partial charge is 0.0547 e. The molecule has 58 heavy (non-hydrogen) atoms. The zero-order valence-electron chi connectivity index (χ0n) is 31.8. The molecule has 0 aliphatic heterocycles. The van der Waals surface area contributed by atoms with Gasteiger partial charge in [0.05, 0.1) is 11.0 Å². The Balaban J connectivity index is 1.05. The average molecular weight is 739 g/mol. The summed E-state index contributed by atoms with van der Waals surface area (Å²) in [5.74, 6) is 0. The van der Waals surface area contributed by atoms with Gasteiger partial charge in [0.1, 0.15) is 0 Å². The van der Waals surface area contributed by atoms with Crippen LogP contribution in [0.4, 0.5) is 17.1 Å². The Bertz CT molecular complexity index is 3260. The summed E-state index contributed by atoms with van der Waals surface area (Å²) < 4.78 is 2.45. The quantitative estimate of drug-likeness (QED) is 0.158. The van der Waals surface area contributed by atoms with E-state index in [2.05, 4.69) is 240 Å².